The normalized spacial score (nSPS) is 9.95. The molecule has 0 atom stereocenters. The van der Waals surface area contributed by atoms with Gasteiger partial charge in [-0.1, -0.05) is 45.0 Å². The van der Waals surface area contributed by atoms with Crippen molar-refractivity contribution in [2.24, 2.45) is 0 Å². The van der Waals surface area contributed by atoms with Crippen molar-refractivity contribution in [2.75, 3.05) is 35.5 Å². The van der Waals surface area contributed by atoms with Gasteiger partial charge in [-0.2, -0.15) is 0 Å². The third kappa shape index (κ3) is 30.1. The molecule has 5 rings (SSSR count). The number of hydrogen-bond donors (Lipinski definition) is 0. The summed E-state index contributed by atoms with van der Waals surface area (Å²) in [5.74, 6) is -1.22. The molecule has 0 unspecified atom stereocenters. The number of carbonyl (C=O) groups excluding carboxylic acids is 10. The summed E-state index contributed by atoms with van der Waals surface area (Å²) < 4.78 is 85.7. The predicted molar refractivity (Wildman–Crippen MR) is 418 cm³/mol. The van der Waals surface area contributed by atoms with Crippen molar-refractivity contribution in [2.45, 2.75) is 88.7 Å². The molecule has 540 valence electrons. The third-order valence-corrected chi connectivity index (χ3v) is 16.2. The molecule has 32 heteroatoms. The molecule has 0 N–H and O–H groups in total. The van der Waals surface area contributed by atoms with E-state index in [1.165, 1.54) is 102 Å². The summed E-state index contributed by atoms with van der Waals surface area (Å²) in [5, 5.41) is 0. The van der Waals surface area contributed by atoms with Crippen LogP contribution in [-0.4, -0.2) is 101 Å². The van der Waals surface area contributed by atoms with Crippen LogP contribution in [0.5, 0.6) is 86.2 Å². The van der Waals surface area contributed by atoms with Gasteiger partial charge in [-0.25, -0.2) is 19.2 Å². The minimum Gasteiger partial charge on any atom is -0.496 e. The molecule has 0 fully saturated rings. The average molecular weight is 2060 g/mol. The molecule has 0 bridgehead atoms. The average Bonchev–Trinajstić information content (AvgIpc) is 0.811. The third-order valence-electron chi connectivity index (χ3n) is 10.7. The van der Waals surface area contributed by atoms with Crippen LogP contribution in [0.25, 0.3) is 12.2 Å². The summed E-state index contributed by atoms with van der Waals surface area (Å²) in [6.45, 7) is 35.2. The Labute approximate surface area is 659 Å². The number of carbonyl (C=O) groups is 10. The quantitative estimate of drug-likeness (QED) is 0.0230. The molecular formula is C68H70I6O26. The van der Waals surface area contributed by atoms with E-state index in [4.69, 9.17) is 75.8 Å². The largest absolute Gasteiger partial charge is 0.514 e. The van der Waals surface area contributed by atoms with E-state index in [0.29, 0.717) is 54.3 Å². The molecule has 5 aromatic rings. The molecule has 0 aliphatic carbocycles. The van der Waals surface area contributed by atoms with Crippen LogP contribution in [0.15, 0.2) is 92.1 Å². The van der Waals surface area contributed by atoms with Gasteiger partial charge in [0, 0.05) is 100 Å². The maximum Gasteiger partial charge on any atom is 0.514 e. The second-order valence-corrected chi connectivity index (χ2v) is 26.9. The molecule has 0 saturated heterocycles. The van der Waals surface area contributed by atoms with Crippen molar-refractivity contribution in [3.8, 4) is 86.2 Å². The Morgan fingerprint density at radius 3 is 1.10 bits per heavy atom. The van der Waals surface area contributed by atoms with Crippen LogP contribution in [0.4, 0.5) is 4.79 Å². The Kier molecular flexibility index (Phi) is 39.4. The first-order valence-electron chi connectivity index (χ1n) is 28.0. The van der Waals surface area contributed by atoms with Crippen molar-refractivity contribution >= 4 is 208 Å². The van der Waals surface area contributed by atoms with Crippen molar-refractivity contribution in [3.05, 3.63) is 125 Å². The molecule has 0 aliphatic heterocycles. The summed E-state index contributed by atoms with van der Waals surface area (Å²) >= 11 is 11.8. The maximum atomic E-state index is 12.0. The molecular weight excluding hydrogens is 1990 g/mol. The van der Waals surface area contributed by atoms with Gasteiger partial charge in [-0.05, 0) is 183 Å². The lowest BCUT2D eigenvalue weighted by Crippen LogP contribution is -2.26. The van der Waals surface area contributed by atoms with E-state index < -0.39 is 59.5 Å². The van der Waals surface area contributed by atoms with Crippen molar-refractivity contribution in [3.63, 3.8) is 0 Å². The fourth-order valence-corrected chi connectivity index (χ4v) is 11.3. The molecule has 5 aromatic carbocycles. The van der Waals surface area contributed by atoms with Crippen LogP contribution >= 0.6 is 136 Å². The van der Waals surface area contributed by atoms with Crippen LogP contribution in [0.1, 0.15) is 94.2 Å². The highest BCUT2D eigenvalue weighted by atomic mass is 127. The van der Waals surface area contributed by atoms with Gasteiger partial charge in [0.25, 0.3) is 0 Å². The van der Waals surface area contributed by atoms with Crippen molar-refractivity contribution in [1.82, 2.24) is 0 Å². The van der Waals surface area contributed by atoms with Crippen molar-refractivity contribution < 1.29 is 124 Å². The standard InChI is InChI=1S/C16H18I2O6.C15H15IO7.2C13H13IO5.C11H11IO3/c1-8(2)14(19)22-10-7-9(17)12(21-6)11(18)13(10)23-15(20)24-16(3,4)5;1-7(2)15(19)23-13-11(20-5)6-10(21-8(3)17)12(16)14(13)22-9(4)18;1-7(2)13(16)19-12-5-9(14)10(18-8(3)15)6-11(12)17-4;1-5-9-10(17-4)6-11(18-7(2)15)12(14)13(9)19-8(3)16;1-4-8-5-9(12)11(15-7(2)13)6-10(8)14-3/h7H,1H2,2-6H3;6H,1H2,2-5H3;2*5-6H,1H2,2-4H3;4-6H,1H2,2-3H3. The first-order valence-corrected chi connectivity index (χ1v) is 34.4. The Hall–Kier alpha value is -7.32. The number of rotatable bonds is 20. The van der Waals surface area contributed by atoms with E-state index in [-0.39, 0.29) is 78.0 Å². The Morgan fingerprint density at radius 2 is 0.700 bits per heavy atom. The van der Waals surface area contributed by atoms with Gasteiger partial charge in [0.1, 0.15) is 41.5 Å². The van der Waals surface area contributed by atoms with Crippen LogP contribution in [0.2, 0.25) is 0 Å². The van der Waals surface area contributed by atoms with Gasteiger partial charge in [0.15, 0.2) is 51.7 Å². The highest BCUT2D eigenvalue weighted by Gasteiger charge is 2.29. The summed E-state index contributed by atoms with van der Waals surface area (Å²) in [5.41, 5.74) is 1.33. The fraction of sp³-hybridized carbons (Fsp3) is 0.265. The molecule has 0 amide bonds. The van der Waals surface area contributed by atoms with Gasteiger partial charge in [0.2, 0.25) is 5.75 Å². The second kappa shape index (κ2) is 43.5. The van der Waals surface area contributed by atoms with Gasteiger partial charge in [-0.3, -0.25) is 28.8 Å². The molecule has 0 spiro atoms. The summed E-state index contributed by atoms with van der Waals surface area (Å²) in [6.07, 6.45) is 2.30. The monoisotopic (exact) mass is 2060 g/mol. The maximum absolute atomic E-state index is 12.0. The Balaban J connectivity index is 0.000000630. The number of halogens is 6. The summed E-state index contributed by atoms with van der Waals surface area (Å²) in [4.78, 5) is 114. The number of methoxy groups -OCH3 is 5. The molecule has 0 aromatic heterocycles. The van der Waals surface area contributed by atoms with E-state index in [1.54, 1.807) is 87.7 Å². The first kappa shape index (κ1) is 90.7. The lowest BCUT2D eigenvalue weighted by Gasteiger charge is -2.20. The van der Waals surface area contributed by atoms with Gasteiger partial charge >= 0.3 is 59.9 Å². The van der Waals surface area contributed by atoms with Gasteiger partial charge in [-0.15, -0.1) is 0 Å². The SMILES string of the molecule is C=C(C)C(=O)Oc1c(OC)cc(OC(C)=O)c(I)c1OC(C)=O.C=C(C)C(=O)Oc1cc(I)c(OC(C)=O)cc1OC.C=C(C)C(=O)Oc1cc(I)c(OC)c(I)c1OC(=O)OC(C)(C)C.C=Cc1c(OC)cc(OC(C)=O)c(I)c1OC(C)=O.C=Cc1cc(I)c(OC(C)=O)cc1OC. The van der Waals surface area contributed by atoms with Gasteiger partial charge in [0.05, 0.1) is 55.4 Å². The topological polar surface area (TPSA) is 318 Å². The smallest absolute Gasteiger partial charge is 0.496 e. The van der Waals surface area contributed by atoms with E-state index >= 15 is 0 Å². The van der Waals surface area contributed by atoms with E-state index in [1.807, 2.05) is 96.4 Å². The van der Waals surface area contributed by atoms with Crippen molar-refractivity contribution in [1.29, 1.82) is 0 Å². The zero-order chi connectivity index (χ0) is 77.0. The van der Waals surface area contributed by atoms with Crippen LogP contribution in [-0.2, 0) is 47.9 Å². The molecule has 0 radical (unpaired) electrons. The zero-order valence-corrected chi connectivity index (χ0v) is 70.1. The summed E-state index contributed by atoms with van der Waals surface area (Å²) in [7, 11) is 7.28. The lowest BCUT2D eigenvalue weighted by atomic mass is 10.1. The molecule has 26 nitrogen and oxygen atoms in total. The number of benzene rings is 5. The lowest BCUT2D eigenvalue weighted by molar-refractivity contribution is -0.134. The van der Waals surface area contributed by atoms with E-state index in [9.17, 15) is 47.9 Å². The molecule has 0 heterocycles. The minimum atomic E-state index is -0.906. The number of esters is 9. The zero-order valence-electron chi connectivity index (χ0n) is 57.1. The molecule has 0 aliphatic rings. The number of ether oxygens (including phenoxy) is 16. The summed E-state index contributed by atoms with van der Waals surface area (Å²) in [6, 6.07) is 11.0. The van der Waals surface area contributed by atoms with Crippen LogP contribution in [0.3, 0.4) is 0 Å². The molecule has 0 saturated carbocycles. The second-order valence-electron chi connectivity index (χ2n) is 20.2. The Morgan fingerprint density at radius 1 is 0.330 bits per heavy atom. The van der Waals surface area contributed by atoms with Gasteiger partial charge < -0.3 is 75.8 Å². The minimum absolute atomic E-state index is 0.0525. The predicted octanol–water partition coefficient (Wildman–Crippen LogP) is 15.7. The van der Waals surface area contributed by atoms with Crippen LogP contribution in [0, 0.1) is 21.4 Å². The van der Waals surface area contributed by atoms with Crippen LogP contribution < -0.4 is 71.1 Å². The molecule has 100 heavy (non-hydrogen) atoms. The number of hydrogen-bond acceptors (Lipinski definition) is 26. The first-order chi connectivity index (χ1) is 46.4. The fourth-order valence-electron chi connectivity index (χ4n) is 6.66. The van der Waals surface area contributed by atoms with E-state index in [2.05, 4.69) is 55.5 Å². The van der Waals surface area contributed by atoms with E-state index in [0.717, 1.165) is 9.13 Å². The highest BCUT2D eigenvalue weighted by molar-refractivity contribution is 14.1. The Bertz CT molecular complexity index is 4000. The highest BCUT2D eigenvalue weighted by Crippen LogP contribution is 2.47.